The van der Waals surface area contributed by atoms with Crippen molar-refractivity contribution in [2.24, 2.45) is 17.3 Å². The number of hydrogen-bond donors (Lipinski definition) is 1. The number of esters is 1. The smallest absolute Gasteiger partial charge is 0.312 e. The summed E-state index contributed by atoms with van der Waals surface area (Å²) < 4.78 is 12.3. The number of benzene rings is 1. The van der Waals surface area contributed by atoms with Gasteiger partial charge in [-0.3, -0.25) is 9.59 Å². The van der Waals surface area contributed by atoms with Crippen molar-refractivity contribution in [3.05, 3.63) is 28.7 Å². The topological polar surface area (TPSA) is 64.6 Å². The van der Waals surface area contributed by atoms with E-state index in [0.717, 1.165) is 42.3 Å². The lowest BCUT2D eigenvalue weighted by atomic mass is 9.47. The van der Waals surface area contributed by atoms with Crippen molar-refractivity contribution >= 4 is 27.8 Å². The molecule has 0 saturated heterocycles. The Morgan fingerprint density at radius 1 is 1.11 bits per heavy atom. The van der Waals surface area contributed by atoms with Gasteiger partial charge in [0.05, 0.1) is 5.41 Å². The second kappa shape index (κ2) is 7.12. The van der Waals surface area contributed by atoms with Crippen molar-refractivity contribution in [2.45, 2.75) is 51.0 Å². The van der Waals surface area contributed by atoms with Crippen LogP contribution < -0.4 is 10.1 Å². The van der Waals surface area contributed by atoms with E-state index in [1.54, 1.807) is 6.92 Å². The maximum absolute atomic E-state index is 13.0. The second-order valence-electron chi connectivity index (χ2n) is 8.64. The van der Waals surface area contributed by atoms with Gasteiger partial charge in [-0.05, 0) is 74.6 Å². The average molecular weight is 436 g/mol. The Labute approximate surface area is 168 Å². The molecule has 27 heavy (non-hydrogen) atoms. The lowest BCUT2D eigenvalue weighted by Gasteiger charge is -2.60. The van der Waals surface area contributed by atoms with Crippen molar-refractivity contribution in [3.63, 3.8) is 0 Å². The maximum Gasteiger partial charge on any atom is 0.312 e. The molecule has 4 bridgehead atoms. The zero-order valence-corrected chi connectivity index (χ0v) is 17.2. The summed E-state index contributed by atoms with van der Waals surface area (Å²) in [5.74, 6) is 1.69. The summed E-state index contributed by atoms with van der Waals surface area (Å²) >= 11 is 3.39. The molecule has 0 radical (unpaired) electrons. The summed E-state index contributed by atoms with van der Waals surface area (Å²) in [4.78, 5) is 24.7. The maximum atomic E-state index is 13.0. The molecule has 1 aromatic carbocycles. The molecule has 1 N–H and O–H groups in total. The number of halogens is 1. The Kier molecular flexibility index (Phi) is 4.95. The summed E-state index contributed by atoms with van der Waals surface area (Å²) in [7, 11) is 0. The molecule has 4 fully saturated rings. The largest absolute Gasteiger partial charge is 0.490 e. The van der Waals surface area contributed by atoms with Crippen LogP contribution >= 0.6 is 15.9 Å². The monoisotopic (exact) mass is 435 g/mol. The van der Waals surface area contributed by atoms with Crippen LogP contribution in [0.1, 0.15) is 45.4 Å². The first-order chi connectivity index (χ1) is 12.9. The van der Waals surface area contributed by atoms with Gasteiger partial charge < -0.3 is 14.8 Å². The molecule has 0 aromatic heterocycles. The van der Waals surface area contributed by atoms with Gasteiger partial charge in [-0.2, -0.15) is 0 Å². The third-order valence-electron chi connectivity index (χ3n) is 6.33. The van der Waals surface area contributed by atoms with E-state index in [1.807, 2.05) is 24.3 Å². The minimum absolute atomic E-state index is 0.00312. The van der Waals surface area contributed by atoms with Gasteiger partial charge >= 0.3 is 5.97 Å². The molecule has 4 aliphatic carbocycles. The Bertz CT molecular complexity index is 718. The normalized spacial score (nSPS) is 33.6. The molecule has 6 heteroatoms. The van der Waals surface area contributed by atoms with Crippen molar-refractivity contribution in [1.29, 1.82) is 0 Å². The minimum atomic E-state index is -0.426. The number of nitrogens with one attached hydrogen (secondary N) is 1. The Morgan fingerprint density at radius 3 is 2.41 bits per heavy atom. The number of amides is 1. The minimum Gasteiger partial charge on any atom is -0.490 e. The van der Waals surface area contributed by atoms with E-state index in [4.69, 9.17) is 9.47 Å². The van der Waals surface area contributed by atoms with E-state index in [0.29, 0.717) is 18.4 Å². The van der Waals surface area contributed by atoms with Gasteiger partial charge in [-0.1, -0.05) is 15.9 Å². The van der Waals surface area contributed by atoms with Crippen molar-refractivity contribution in [3.8, 4) is 5.75 Å². The summed E-state index contributed by atoms with van der Waals surface area (Å²) in [6.07, 6.45) is 5.71. The lowest BCUT2D eigenvalue weighted by Crippen LogP contribution is -2.64. The van der Waals surface area contributed by atoms with E-state index in [2.05, 4.69) is 21.2 Å². The van der Waals surface area contributed by atoms with Gasteiger partial charge in [-0.15, -0.1) is 0 Å². The fourth-order valence-corrected chi connectivity index (χ4v) is 6.26. The predicted octanol–water partition coefficient (Wildman–Crippen LogP) is 3.85. The standard InChI is InChI=1S/C21H26BrNO4/c1-14(24)23-21-11-15-8-16(12-21)10-20(9-15,13-21)19(25)27-7-6-26-18-4-2-17(22)3-5-18/h2-5,15-16H,6-13H2,1H3,(H,23,24). The molecule has 0 heterocycles. The van der Waals surface area contributed by atoms with E-state index < -0.39 is 5.41 Å². The molecule has 4 aliphatic rings. The molecule has 5 rings (SSSR count). The molecule has 1 amide bonds. The van der Waals surface area contributed by atoms with Gasteiger partial charge in [0.25, 0.3) is 0 Å². The number of carbonyl (C=O) groups excluding carboxylic acids is 2. The van der Waals surface area contributed by atoms with Crippen LogP contribution in [-0.4, -0.2) is 30.6 Å². The molecule has 4 saturated carbocycles. The highest BCUT2D eigenvalue weighted by Crippen LogP contribution is 2.62. The van der Waals surface area contributed by atoms with Crippen molar-refractivity contribution in [2.75, 3.05) is 13.2 Å². The van der Waals surface area contributed by atoms with Crippen LogP contribution in [-0.2, 0) is 14.3 Å². The first kappa shape index (κ1) is 18.8. The molecule has 0 spiro atoms. The van der Waals surface area contributed by atoms with Crippen LogP contribution in [0.4, 0.5) is 0 Å². The third-order valence-corrected chi connectivity index (χ3v) is 6.86. The molecular weight excluding hydrogens is 410 g/mol. The molecule has 0 aliphatic heterocycles. The highest BCUT2D eigenvalue weighted by atomic mass is 79.9. The van der Waals surface area contributed by atoms with Gasteiger partial charge in [0, 0.05) is 16.9 Å². The van der Waals surface area contributed by atoms with Crippen LogP contribution in [0.15, 0.2) is 28.7 Å². The average Bonchev–Trinajstić information content (AvgIpc) is 2.57. The summed E-state index contributed by atoms with van der Waals surface area (Å²) in [6.45, 7) is 2.16. The van der Waals surface area contributed by atoms with Gasteiger partial charge in [0.1, 0.15) is 19.0 Å². The fraction of sp³-hybridized carbons (Fsp3) is 0.619. The number of rotatable bonds is 6. The fourth-order valence-electron chi connectivity index (χ4n) is 6.00. The first-order valence-electron chi connectivity index (χ1n) is 9.73. The Balaban J connectivity index is 1.35. The number of hydrogen-bond acceptors (Lipinski definition) is 4. The van der Waals surface area contributed by atoms with Crippen molar-refractivity contribution < 1.29 is 19.1 Å². The zero-order valence-electron chi connectivity index (χ0n) is 15.6. The lowest BCUT2D eigenvalue weighted by molar-refractivity contribution is -0.176. The molecule has 2 atom stereocenters. The van der Waals surface area contributed by atoms with Gasteiger partial charge in [-0.25, -0.2) is 0 Å². The zero-order chi connectivity index (χ0) is 19.1. The highest BCUT2D eigenvalue weighted by Gasteiger charge is 2.61. The summed E-state index contributed by atoms with van der Waals surface area (Å²) in [5, 5.41) is 3.19. The molecule has 146 valence electrons. The first-order valence-corrected chi connectivity index (χ1v) is 10.5. The van der Waals surface area contributed by atoms with Crippen molar-refractivity contribution in [1.82, 2.24) is 5.32 Å². The number of ether oxygens (including phenoxy) is 2. The van der Waals surface area contributed by atoms with Gasteiger partial charge in [0.15, 0.2) is 0 Å². The van der Waals surface area contributed by atoms with Crippen LogP contribution in [0.3, 0.4) is 0 Å². The molecular formula is C21H26BrNO4. The van der Waals surface area contributed by atoms with E-state index >= 15 is 0 Å². The van der Waals surface area contributed by atoms with Crippen LogP contribution in [0, 0.1) is 17.3 Å². The predicted molar refractivity (Wildman–Crippen MR) is 104 cm³/mol. The van der Waals surface area contributed by atoms with Gasteiger partial charge in [0.2, 0.25) is 5.91 Å². The summed E-state index contributed by atoms with van der Waals surface area (Å²) in [6, 6.07) is 7.58. The summed E-state index contributed by atoms with van der Waals surface area (Å²) in [5.41, 5.74) is -0.632. The third kappa shape index (κ3) is 3.86. The number of carbonyl (C=O) groups is 2. The van der Waals surface area contributed by atoms with Crippen LogP contribution in [0.2, 0.25) is 0 Å². The van der Waals surface area contributed by atoms with E-state index in [1.165, 1.54) is 6.42 Å². The molecule has 5 nitrogen and oxygen atoms in total. The van der Waals surface area contributed by atoms with Crippen LogP contribution in [0.5, 0.6) is 5.75 Å². The van der Waals surface area contributed by atoms with E-state index in [9.17, 15) is 9.59 Å². The van der Waals surface area contributed by atoms with E-state index in [-0.39, 0.29) is 24.0 Å². The highest BCUT2D eigenvalue weighted by molar-refractivity contribution is 9.10. The van der Waals surface area contributed by atoms with Crippen LogP contribution in [0.25, 0.3) is 0 Å². The Hall–Kier alpha value is -1.56. The molecule has 1 aromatic rings. The SMILES string of the molecule is CC(=O)NC12CC3CC(C1)CC(C(=O)OCCOc1ccc(Br)cc1)(C3)C2. The quantitative estimate of drug-likeness (QED) is 0.544. The Morgan fingerprint density at radius 2 is 1.78 bits per heavy atom. The molecule has 2 unspecified atom stereocenters. The second-order valence-corrected chi connectivity index (χ2v) is 9.56.